The van der Waals surface area contributed by atoms with Crippen molar-refractivity contribution >= 4 is 0 Å². The molecule has 1 aliphatic rings. The van der Waals surface area contributed by atoms with Crippen molar-refractivity contribution in [2.75, 3.05) is 19.6 Å². The van der Waals surface area contributed by atoms with Crippen LogP contribution in [0.3, 0.4) is 0 Å². The van der Waals surface area contributed by atoms with Gasteiger partial charge in [-0.3, -0.25) is 4.90 Å². The molecule has 0 aliphatic heterocycles. The molecule has 1 fully saturated rings. The second-order valence-electron chi connectivity index (χ2n) is 5.32. The maximum atomic E-state index is 12.4. The molecule has 1 aliphatic carbocycles. The molecule has 0 radical (unpaired) electrons. The predicted octanol–water partition coefficient (Wildman–Crippen LogP) is 3.20. The van der Waals surface area contributed by atoms with Crippen LogP contribution in [0.4, 0.5) is 13.2 Å². The zero-order valence-corrected chi connectivity index (χ0v) is 11.0. The van der Waals surface area contributed by atoms with Crippen LogP contribution in [0.25, 0.3) is 0 Å². The Morgan fingerprint density at radius 3 is 2.33 bits per heavy atom. The molecule has 0 aromatic rings. The summed E-state index contributed by atoms with van der Waals surface area (Å²) in [5.74, 6) is 0.186. The van der Waals surface area contributed by atoms with Gasteiger partial charge in [0.1, 0.15) is 0 Å². The van der Waals surface area contributed by atoms with Crippen LogP contribution in [0.15, 0.2) is 0 Å². The molecule has 0 aromatic heterocycles. The van der Waals surface area contributed by atoms with Gasteiger partial charge >= 0.3 is 6.18 Å². The van der Waals surface area contributed by atoms with Gasteiger partial charge in [0.05, 0.1) is 12.6 Å². The fourth-order valence-corrected chi connectivity index (χ4v) is 2.74. The standard InChI is InChI=1S/C13H24F3NO/c1-2-8-17(10-13(14,15)16)9-12(18)11-6-4-3-5-7-11/h11-12,18H,2-10H2,1H3. The largest absolute Gasteiger partial charge is 0.401 e. The van der Waals surface area contributed by atoms with Crippen LogP contribution in [0.5, 0.6) is 0 Å². The van der Waals surface area contributed by atoms with Crippen LogP contribution < -0.4 is 0 Å². The quantitative estimate of drug-likeness (QED) is 0.799. The lowest BCUT2D eigenvalue weighted by atomic mass is 9.85. The fraction of sp³-hybridized carbons (Fsp3) is 1.00. The molecule has 0 heterocycles. The smallest absolute Gasteiger partial charge is 0.392 e. The average molecular weight is 267 g/mol. The third-order valence-corrected chi connectivity index (χ3v) is 3.58. The number of nitrogens with zero attached hydrogens (tertiary/aromatic N) is 1. The van der Waals surface area contributed by atoms with Gasteiger partial charge in [0.15, 0.2) is 0 Å². The van der Waals surface area contributed by atoms with Crippen LogP contribution in [0.1, 0.15) is 45.4 Å². The topological polar surface area (TPSA) is 23.5 Å². The molecule has 1 saturated carbocycles. The van der Waals surface area contributed by atoms with E-state index in [4.69, 9.17) is 0 Å². The van der Waals surface area contributed by atoms with Crippen molar-refractivity contribution in [3.63, 3.8) is 0 Å². The second kappa shape index (κ2) is 7.34. The summed E-state index contributed by atoms with van der Waals surface area (Å²) >= 11 is 0. The molecule has 18 heavy (non-hydrogen) atoms. The number of aliphatic hydroxyl groups is 1. The number of rotatable bonds is 6. The molecule has 0 bridgehead atoms. The summed E-state index contributed by atoms with van der Waals surface area (Å²) in [4.78, 5) is 1.33. The van der Waals surface area contributed by atoms with Gasteiger partial charge in [0.2, 0.25) is 0 Å². The van der Waals surface area contributed by atoms with E-state index in [9.17, 15) is 18.3 Å². The van der Waals surface area contributed by atoms with Crippen LogP contribution in [-0.4, -0.2) is 41.9 Å². The third-order valence-electron chi connectivity index (χ3n) is 3.58. The van der Waals surface area contributed by atoms with Crippen molar-refractivity contribution in [1.82, 2.24) is 4.90 Å². The molecule has 2 nitrogen and oxygen atoms in total. The summed E-state index contributed by atoms with van der Waals surface area (Å²) < 4.78 is 37.2. The normalized spacial score (nSPS) is 20.3. The van der Waals surface area contributed by atoms with E-state index in [1.165, 1.54) is 11.3 Å². The summed E-state index contributed by atoms with van der Waals surface area (Å²) in [6, 6.07) is 0. The van der Waals surface area contributed by atoms with Crippen molar-refractivity contribution in [3.05, 3.63) is 0 Å². The predicted molar refractivity (Wildman–Crippen MR) is 65.4 cm³/mol. The Morgan fingerprint density at radius 1 is 1.22 bits per heavy atom. The summed E-state index contributed by atoms with van der Waals surface area (Å²) in [5.41, 5.74) is 0. The maximum Gasteiger partial charge on any atom is 0.401 e. The fourth-order valence-electron chi connectivity index (χ4n) is 2.74. The van der Waals surface area contributed by atoms with Crippen molar-refractivity contribution < 1.29 is 18.3 Å². The van der Waals surface area contributed by atoms with Crippen molar-refractivity contribution in [3.8, 4) is 0 Å². The highest BCUT2D eigenvalue weighted by Gasteiger charge is 2.32. The molecular formula is C13H24F3NO. The van der Waals surface area contributed by atoms with Gasteiger partial charge in [-0.2, -0.15) is 13.2 Å². The molecule has 1 rings (SSSR count). The Balaban J connectivity index is 2.43. The first kappa shape index (κ1) is 15.8. The minimum atomic E-state index is -4.18. The first-order chi connectivity index (χ1) is 8.42. The molecule has 108 valence electrons. The summed E-state index contributed by atoms with van der Waals surface area (Å²) in [6.45, 7) is 1.49. The van der Waals surface area contributed by atoms with Crippen molar-refractivity contribution in [2.45, 2.75) is 57.7 Å². The number of aliphatic hydroxyl groups excluding tert-OH is 1. The van der Waals surface area contributed by atoms with E-state index in [0.29, 0.717) is 13.0 Å². The monoisotopic (exact) mass is 267 g/mol. The third kappa shape index (κ3) is 6.05. The van der Waals surface area contributed by atoms with Crippen LogP contribution >= 0.6 is 0 Å². The zero-order chi connectivity index (χ0) is 13.6. The van der Waals surface area contributed by atoms with Gasteiger partial charge in [-0.05, 0) is 31.7 Å². The second-order valence-corrected chi connectivity index (χ2v) is 5.32. The lowest BCUT2D eigenvalue weighted by Crippen LogP contribution is -2.42. The first-order valence-electron chi connectivity index (χ1n) is 6.89. The van der Waals surface area contributed by atoms with E-state index in [0.717, 1.165) is 25.7 Å². The Morgan fingerprint density at radius 2 is 1.83 bits per heavy atom. The van der Waals surface area contributed by atoms with Gasteiger partial charge < -0.3 is 5.11 Å². The first-order valence-corrected chi connectivity index (χ1v) is 6.89. The maximum absolute atomic E-state index is 12.4. The van der Waals surface area contributed by atoms with Gasteiger partial charge in [-0.1, -0.05) is 26.2 Å². The van der Waals surface area contributed by atoms with Gasteiger partial charge in [0, 0.05) is 6.54 Å². The van der Waals surface area contributed by atoms with Crippen LogP contribution in [-0.2, 0) is 0 Å². The molecule has 1 atom stereocenters. The SMILES string of the molecule is CCCN(CC(O)C1CCCCC1)CC(F)(F)F. The van der Waals surface area contributed by atoms with Crippen LogP contribution in [0.2, 0.25) is 0 Å². The highest BCUT2D eigenvalue weighted by atomic mass is 19.4. The van der Waals surface area contributed by atoms with Crippen molar-refractivity contribution in [1.29, 1.82) is 0 Å². The zero-order valence-electron chi connectivity index (χ0n) is 11.0. The minimum absolute atomic E-state index is 0.151. The highest BCUT2D eigenvalue weighted by molar-refractivity contribution is 4.77. The molecule has 1 N–H and O–H groups in total. The Kier molecular flexibility index (Phi) is 6.43. The molecule has 0 spiro atoms. The lowest BCUT2D eigenvalue weighted by molar-refractivity contribution is -0.149. The number of hydrogen-bond acceptors (Lipinski definition) is 2. The Hall–Kier alpha value is -0.290. The van der Waals surface area contributed by atoms with E-state index in [2.05, 4.69) is 0 Å². The van der Waals surface area contributed by atoms with Gasteiger partial charge in [-0.25, -0.2) is 0 Å². The molecular weight excluding hydrogens is 243 g/mol. The molecule has 1 unspecified atom stereocenters. The molecule has 0 aromatic carbocycles. The van der Waals surface area contributed by atoms with Crippen LogP contribution in [0, 0.1) is 5.92 Å². The average Bonchev–Trinajstić information content (AvgIpc) is 2.28. The van der Waals surface area contributed by atoms with E-state index < -0.39 is 18.8 Å². The number of hydrogen-bond donors (Lipinski definition) is 1. The Labute approximate surface area is 107 Å². The number of alkyl halides is 3. The van der Waals surface area contributed by atoms with E-state index >= 15 is 0 Å². The summed E-state index contributed by atoms with van der Waals surface area (Å²) in [7, 11) is 0. The summed E-state index contributed by atoms with van der Waals surface area (Å²) in [6.07, 6.45) is 1.16. The lowest BCUT2D eigenvalue weighted by Gasteiger charge is -2.31. The van der Waals surface area contributed by atoms with E-state index in [-0.39, 0.29) is 12.5 Å². The highest BCUT2D eigenvalue weighted by Crippen LogP contribution is 2.27. The minimum Gasteiger partial charge on any atom is -0.392 e. The summed E-state index contributed by atoms with van der Waals surface area (Å²) in [5, 5.41) is 10.1. The van der Waals surface area contributed by atoms with Gasteiger partial charge in [0.25, 0.3) is 0 Å². The molecule has 0 amide bonds. The molecule has 0 saturated heterocycles. The number of halogens is 3. The molecule has 5 heteroatoms. The Bertz CT molecular complexity index is 227. The van der Waals surface area contributed by atoms with E-state index in [1.54, 1.807) is 0 Å². The van der Waals surface area contributed by atoms with Gasteiger partial charge in [-0.15, -0.1) is 0 Å². The van der Waals surface area contributed by atoms with E-state index in [1.807, 2.05) is 6.92 Å². The van der Waals surface area contributed by atoms with Crippen molar-refractivity contribution in [2.24, 2.45) is 5.92 Å².